The Hall–Kier alpha value is -2.49. The van der Waals surface area contributed by atoms with Crippen LogP contribution in [0.2, 0.25) is 0 Å². The lowest BCUT2D eigenvalue weighted by atomic mass is 10.1. The Labute approximate surface area is 163 Å². The Morgan fingerprint density at radius 3 is 2.64 bits per heavy atom. The van der Waals surface area contributed by atoms with Crippen molar-refractivity contribution in [3.8, 4) is 0 Å². The normalized spacial score (nSPS) is 16.1. The molecule has 148 valence electrons. The number of oxazole rings is 1. The number of sulfonamides is 1. The van der Waals surface area contributed by atoms with E-state index in [1.54, 1.807) is 25.8 Å². The number of hydrogen-bond donors (Lipinski definition) is 0. The van der Waals surface area contributed by atoms with Crippen molar-refractivity contribution in [2.75, 3.05) is 13.7 Å². The van der Waals surface area contributed by atoms with E-state index in [0.717, 1.165) is 5.56 Å². The number of nitrogens with zero attached hydrogens (tertiary/aromatic N) is 4. The molecular weight excluding hydrogens is 380 g/mol. The number of methoxy groups -OCH3 is 1. The van der Waals surface area contributed by atoms with Gasteiger partial charge in [0.05, 0.1) is 24.1 Å². The zero-order valence-electron chi connectivity index (χ0n) is 16.0. The Balaban J connectivity index is 1.62. The summed E-state index contributed by atoms with van der Waals surface area (Å²) in [5.41, 5.74) is 2.17. The molecule has 3 aromatic rings. The zero-order chi connectivity index (χ0) is 19.9. The fourth-order valence-electron chi connectivity index (χ4n) is 3.39. The van der Waals surface area contributed by atoms with Crippen LogP contribution >= 0.6 is 0 Å². The molecule has 0 bridgehead atoms. The van der Waals surface area contributed by atoms with Gasteiger partial charge in [-0.3, -0.25) is 4.68 Å². The number of ether oxygens (including phenoxy) is 1. The molecule has 0 aliphatic carbocycles. The SMILES string of the molecule is COC(c1ccccc1)c1nc2c(o1)CCN(S(=O)(=O)c1cnn(C)c1C)C2. The Morgan fingerprint density at radius 1 is 1.25 bits per heavy atom. The van der Waals surface area contributed by atoms with Crippen LogP contribution in [0.25, 0.3) is 0 Å². The van der Waals surface area contributed by atoms with Crippen LogP contribution in [-0.2, 0) is 34.8 Å². The quantitative estimate of drug-likeness (QED) is 0.650. The van der Waals surface area contributed by atoms with Crippen LogP contribution in [0, 0.1) is 6.92 Å². The fraction of sp³-hybridized carbons (Fsp3) is 0.368. The molecule has 8 nitrogen and oxygen atoms in total. The molecule has 0 spiro atoms. The third-order valence-electron chi connectivity index (χ3n) is 5.08. The zero-order valence-corrected chi connectivity index (χ0v) is 16.8. The van der Waals surface area contributed by atoms with Crippen LogP contribution in [-0.4, -0.2) is 41.1 Å². The summed E-state index contributed by atoms with van der Waals surface area (Å²) < 4.78 is 40.6. The van der Waals surface area contributed by atoms with Gasteiger partial charge in [0.15, 0.2) is 6.10 Å². The summed E-state index contributed by atoms with van der Waals surface area (Å²) >= 11 is 0. The van der Waals surface area contributed by atoms with Gasteiger partial charge in [0.25, 0.3) is 0 Å². The topological polar surface area (TPSA) is 90.5 Å². The fourth-order valence-corrected chi connectivity index (χ4v) is 4.98. The van der Waals surface area contributed by atoms with Gasteiger partial charge in [-0.15, -0.1) is 0 Å². The monoisotopic (exact) mass is 402 g/mol. The van der Waals surface area contributed by atoms with Gasteiger partial charge in [0.2, 0.25) is 15.9 Å². The minimum Gasteiger partial charge on any atom is -0.442 e. The Morgan fingerprint density at radius 2 is 2.00 bits per heavy atom. The summed E-state index contributed by atoms with van der Waals surface area (Å²) in [7, 11) is -0.323. The lowest BCUT2D eigenvalue weighted by Crippen LogP contribution is -2.36. The van der Waals surface area contributed by atoms with Gasteiger partial charge in [-0.1, -0.05) is 30.3 Å². The molecule has 3 heterocycles. The maximum Gasteiger partial charge on any atom is 0.246 e. The lowest BCUT2D eigenvalue weighted by Gasteiger charge is -2.24. The van der Waals surface area contributed by atoms with Gasteiger partial charge in [0, 0.05) is 27.1 Å². The summed E-state index contributed by atoms with van der Waals surface area (Å²) in [6.07, 6.45) is 1.43. The van der Waals surface area contributed by atoms with Crippen molar-refractivity contribution in [2.24, 2.45) is 7.05 Å². The summed E-state index contributed by atoms with van der Waals surface area (Å²) in [6, 6.07) is 9.67. The van der Waals surface area contributed by atoms with E-state index in [4.69, 9.17) is 9.15 Å². The molecule has 1 aliphatic rings. The highest BCUT2D eigenvalue weighted by molar-refractivity contribution is 7.89. The third-order valence-corrected chi connectivity index (χ3v) is 7.03. The lowest BCUT2D eigenvalue weighted by molar-refractivity contribution is 0.110. The van der Waals surface area contributed by atoms with Gasteiger partial charge in [0.1, 0.15) is 10.7 Å². The van der Waals surface area contributed by atoms with Crippen molar-refractivity contribution in [1.29, 1.82) is 0 Å². The van der Waals surface area contributed by atoms with Gasteiger partial charge in [-0.25, -0.2) is 13.4 Å². The molecule has 9 heteroatoms. The highest BCUT2D eigenvalue weighted by Gasteiger charge is 2.34. The number of aryl methyl sites for hydroxylation is 1. The van der Waals surface area contributed by atoms with E-state index in [1.807, 2.05) is 30.3 Å². The van der Waals surface area contributed by atoms with E-state index < -0.39 is 16.1 Å². The minimum absolute atomic E-state index is 0.167. The first-order chi connectivity index (χ1) is 13.4. The number of rotatable bonds is 5. The van der Waals surface area contributed by atoms with Crippen LogP contribution in [0.1, 0.15) is 34.7 Å². The van der Waals surface area contributed by atoms with Crippen molar-refractivity contribution in [3.05, 3.63) is 65.1 Å². The van der Waals surface area contributed by atoms with E-state index in [2.05, 4.69) is 10.1 Å². The van der Waals surface area contributed by atoms with Gasteiger partial charge < -0.3 is 9.15 Å². The number of fused-ring (bicyclic) bond motifs is 1. The van der Waals surface area contributed by atoms with E-state index in [-0.39, 0.29) is 11.4 Å². The summed E-state index contributed by atoms with van der Waals surface area (Å²) in [6.45, 7) is 2.24. The van der Waals surface area contributed by atoms with Crippen LogP contribution in [0.15, 0.2) is 45.8 Å². The molecule has 2 aromatic heterocycles. The van der Waals surface area contributed by atoms with Gasteiger partial charge in [-0.05, 0) is 12.5 Å². The summed E-state index contributed by atoms with van der Waals surface area (Å²) in [5, 5.41) is 4.05. The van der Waals surface area contributed by atoms with Gasteiger partial charge in [-0.2, -0.15) is 9.40 Å². The van der Waals surface area contributed by atoms with E-state index in [9.17, 15) is 8.42 Å². The molecule has 0 saturated heterocycles. The number of benzene rings is 1. The first-order valence-corrected chi connectivity index (χ1v) is 10.4. The Kier molecular flexibility index (Phi) is 4.82. The molecule has 1 unspecified atom stereocenters. The summed E-state index contributed by atoms with van der Waals surface area (Å²) in [5.74, 6) is 1.15. The van der Waals surface area contributed by atoms with Crippen molar-refractivity contribution in [3.63, 3.8) is 0 Å². The maximum atomic E-state index is 13.0. The van der Waals surface area contributed by atoms with Gasteiger partial charge >= 0.3 is 0 Å². The van der Waals surface area contributed by atoms with E-state index >= 15 is 0 Å². The predicted molar refractivity (Wildman–Crippen MR) is 101 cm³/mol. The molecule has 0 saturated carbocycles. The Bertz CT molecular complexity index is 1090. The molecular formula is C19H22N4O4S. The average molecular weight is 402 g/mol. The van der Waals surface area contributed by atoms with Crippen LogP contribution in [0.4, 0.5) is 0 Å². The third kappa shape index (κ3) is 3.15. The first kappa shape index (κ1) is 18.9. The number of hydrogen-bond acceptors (Lipinski definition) is 6. The molecule has 0 N–H and O–H groups in total. The smallest absolute Gasteiger partial charge is 0.246 e. The first-order valence-electron chi connectivity index (χ1n) is 8.96. The highest BCUT2D eigenvalue weighted by Crippen LogP contribution is 2.31. The molecule has 1 atom stereocenters. The van der Waals surface area contributed by atoms with Crippen molar-refractivity contribution in [1.82, 2.24) is 19.1 Å². The predicted octanol–water partition coefficient (Wildman–Crippen LogP) is 2.20. The second-order valence-corrected chi connectivity index (χ2v) is 8.66. The van der Waals surface area contributed by atoms with Crippen molar-refractivity contribution < 1.29 is 17.6 Å². The molecule has 1 aromatic carbocycles. The van der Waals surface area contributed by atoms with Crippen molar-refractivity contribution >= 4 is 10.0 Å². The molecule has 0 radical (unpaired) electrons. The maximum absolute atomic E-state index is 13.0. The minimum atomic E-state index is -3.65. The molecule has 0 amide bonds. The van der Waals surface area contributed by atoms with Crippen LogP contribution < -0.4 is 0 Å². The molecule has 4 rings (SSSR count). The van der Waals surface area contributed by atoms with E-state index in [0.29, 0.717) is 36.0 Å². The van der Waals surface area contributed by atoms with Crippen LogP contribution in [0.5, 0.6) is 0 Å². The second kappa shape index (κ2) is 7.16. The number of aromatic nitrogens is 3. The highest BCUT2D eigenvalue weighted by atomic mass is 32.2. The van der Waals surface area contributed by atoms with Crippen molar-refractivity contribution in [2.45, 2.75) is 30.9 Å². The largest absolute Gasteiger partial charge is 0.442 e. The standard InChI is InChI=1S/C19H22N4O4S/c1-13-17(11-20-22(13)2)28(24,25)23-10-9-16-15(12-23)21-19(27-16)18(26-3)14-7-5-4-6-8-14/h4-8,11,18H,9-10,12H2,1-3H3. The molecule has 1 aliphatic heterocycles. The second-order valence-electron chi connectivity index (χ2n) is 6.75. The van der Waals surface area contributed by atoms with E-state index in [1.165, 1.54) is 10.5 Å². The molecule has 28 heavy (non-hydrogen) atoms. The molecule has 0 fully saturated rings. The average Bonchev–Trinajstić information content (AvgIpc) is 3.26. The van der Waals surface area contributed by atoms with Crippen LogP contribution in [0.3, 0.4) is 0 Å². The summed E-state index contributed by atoms with van der Waals surface area (Å²) in [4.78, 5) is 4.79.